The number of carbonyl (C=O) groups is 1. The van der Waals surface area contributed by atoms with Crippen molar-refractivity contribution in [3.05, 3.63) is 28.7 Å². The van der Waals surface area contributed by atoms with E-state index in [9.17, 15) is 9.59 Å². The Morgan fingerprint density at radius 1 is 1.56 bits per heavy atom. The normalized spacial score (nSPS) is 10.8. The van der Waals surface area contributed by atoms with Crippen molar-refractivity contribution in [2.75, 3.05) is 19.3 Å². The van der Waals surface area contributed by atoms with E-state index in [2.05, 4.69) is 5.32 Å². The summed E-state index contributed by atoms with van der Waals surface area (Å²) in [6.07, 6.45) is 0. The number of nitrogens with one attached hydrogen (secondary N) is 1. The lowest BCUT2D eigenvalue weighted by atomic mass is 10.3. The second kappa shape index (κ2) is 3.82. The zero-order valence-electron chi connectivity index (χ0n) is 8.69. The van der Waals surface area contributed by atoms with Crippen LogP contribution in [0, 0.1) is 0 Å². The van der Waals surface area contributed by atoms with Crippen LogP contribution in [0.4, 0.5) is 5.69 Å². The van der Waals surface area contributed by atoms with E-state index in [1.165, 1.54) is 6.07 Å². The second-order valence-electron chi connectivity index (χ2n) is 3.35. The van der Waals surface area contributed by atoms with Gasteiger partial charge in [0.15, 0.2) is 5.58 Å². The molecule has 2 rings (SSSR count). The fourth-order valence-electron chi connectivity index (χ4n) is 1.50. The number of oxazole rings is 1. The first-order valence-electron chi connectivity index (χ1n) is 4.72. The molecule has 0 atom stereocenters. The van der Waals surface area contributed by atoms with Gasteiger partial charge in [0.1, 0.15) is 0 Å². The Morgan fingerprint density at radius 2 is 2.31 bits per heavy atom. The SMILES string of the molecule is CNCC(=O)n1c(=O)oc2cc(N)ccc21. The summed E-state index contributed by atoms with van der Waals surface area (Å²) in [5, 5.41) is 2.68. The number of benzene rings is 1. The minimum absolute atomic E-state index is 0.0684. The number of aromatic nitrogens is 1. The summed E-state index contributed by atoms with van der Waals surface area (Å²) < 4.78 is 5.92. The number of nitrogens with two attached hydrogens (primary N) is 1. The number of hydrogen-bond donors (Lipinski definition) is 2. The molecule has 0 unspecified atom stereocenters. The van der Waals surface area contributed by atoms with Crippen molar-refractivity contribution in [2.45, 2.75) is 0 Å². The van der Waals surface area contributed by atoms with Crippen LogP contribution in [0.15, 0.2) is 27.4 Å². The van der Waals surface area contributed by atoms with Gasteiger partial charge in [-0.1, -0.05) is 0 Å². The molecule has 1 aromatic heterocycles. The topological polar surface area (TPSA) is 90.3 Å². The van der Waals surface area contributed by atoms with Gasteiger partial charge in [-0.05, 0) is 19.2 Å². The molecule has 0 spiro atoms. The lowest BCUT2D eigenvalue weighted by molar-refractivity contribution is 0.0911. The molecule has 2 aromatic rings. The minimum atomic E-state index is -0.694. The van der Waals surface area contributed by atoms with Gasteiger partial charge in [0.05, 0.1) is 12.1 Å². The molecule has 1 heterocycles. The van der Waals surface area contributed by atoms with Crippen molar-refractivity contribution in [3.63, 3.8) is 0 Å². The molecule has 6 nitrogen and oxygen atoms in total. The maximum atomic E-state index is 11.6. The van der Waals surface area contributed by atoms with Crippen LogP contribution in [0.2, 0.25) is 0 Å². The van der Waals surface area contributed by atoms with Crippen LogP contribution in [-0.4, -0.2) is 24.1 Å². The number of nitrogen functional groups attached to an aromatic ring is 1. The third kappa shape index (κ3) is 1.59. The smallest absolute Gasteiger partial charge is 0.407 e. The van der Waals surface area contributed by atoms with Crippen LogP contribution < -0.4 is 16.8 Å². The third-order valence-corrected chi connectivity index (χ3v) is 2.18. The fourth-order valence-corrected chi connectivity index (χ4v) is 1.50. The van der Waals surface area contributed by atoms with Crippen molar-refractivity contribution in [3.8, 4) is 0 Å². The summed E-state index contributed by atoms with van der Waals surface area (Å²) in [5.41, 5.74) is 6.77. The fraction of sp³-hybridized carbons (Fsp3) is 0.200. The number of likely N-dealkylation sites (N-methyl/N-ethyl adjacent to an activating group) is 1. The van der Waals surface area contributed by atoms with Gasteiger partial charge >= 0.3 is 5.76 Å². The highest BCUT2D eigenvalue weighted by Crippen LogP contribution is 2.15. The molecule has 0 saturated heterocycles. The summed E-state index contributed by atoms with van der Waals surface area (Å²) in [4.78, 5) is 23.1. The summed E-state index contributed by atoms with van der Waals surface area (Å²) in [6.45, 7) is 0.0684. The van der Waals surface area contributed by atoms with Crippen molar-refractivity contribution in [1.82, 2.24) is 9.88 Å². The van der Waals surface area contributed by atoms with Gasteiger partial charge in [-0.3, -0.25) is 4.79 Å². The van der Waals surface area contributed by atoms with Gasteiger partial charge in [-0.2, -0.15) is 0 Å². The third-order valence-electron chi connectivity index (χ3n) is 2.18. The number of fused-ring (bicyclic) bond motifs is 1. The van der Waals surface area contributed by atoms with Gasteiger partial charge in [-0.25, -0.2) is 9.36 Å². The van der Waals surface area contributed by atoms with E-state index >= 15 is 0 Å². The molecule has 3 N–H and O–H groups in total. The molecule has 84 valence electrons. The monoisotopic (exact) mass is 221 g/mol. The largest absolute Gasteiger partial charge is 0.426 e. The lowest BCUT2D eigenvalue weighted by Crippen LogP contribution is -2.30. The Balaban J connectivity index is 2.65. The van der Waals surface area contributed by atoms with Gasteiger partial charge in [0.2, 0.25) is 0 Å². The number of anilines is 1. The van der Waals surface area contributed by atoms with Crippen LogP contribution in [0.5, 0.6) is 0 Å². The van der Waals surface area contributed by atoms with E-state index in [4.69, 9.17) is 10.2 Å². The average Bonchev–Trinajstić information content (AvgIpc) is 2.53. The highest BCUT2D eigenvalue weighted by Gasteiger charge is 2.14. The first kappa shape index (κ1) is 10.4. The molecule has 0 aliphatic heterocycles. The molecule has 16 heavy (non-hydrogen) atoms. The molecular weight excluding hydrogens is 210 g/mol. The van der Waals surface area contributed by atoms with Crippen molar-refractivity contribution in [2.24, 2.45) is 0 Å². The summed E-state index contributed by atoms with van der Waals surface area (Å²) in [7, 11) is 1.63. The van der Waals surface area contributed by atoms with E-state index < -0.39 is 5.76 Å². The van der Waals surface area contributed by atoms with Crippen molar-refractivity contribution >= 4 is 22.7 Å². The van der Waals surface area contributed by atoms with Crippen molar-refractivity contribution in [1.29, 1.82) is 0 Å². The summed E-state index contributed by atoms with van der Waals surface area (Å²) >= 11 is 0. The molecule has 6 heteroatoms. The van der Waals surface area contributed by atoms with Crippen LogP contribution >= 0.6 is 0 Å². The standard InChI is InChI=1S/C10H11N3O3/c1-12-5-9(14)13-7-3-2-6(11)4-8(7)16-10(13)15/h2-4,12H,5,11H2,1H3. The van der Waals surface area contributed by atoms with Gasteiger partial charge < -0.3 is 15.5 Å². The molecule has 0 amide bonds. The Labute approximate surface area is 90.6 Å². The molecule has 1 aromatic carbocycles. The van der Waals surface area contributed by atoms with Crippen LogP contribution in [0.1, 0.15) is 4.79 Å². The van der Waals surface area contributed by atoms with E-state index in [0.29, 0.717) is 16.8 Å². The molecule has 0 aliphatic carbocycles. The maximum absolute atomic E-state index is 11.6. The molecule has 0 bridgehead atoms. The Bertz CT molecular complexity index is 597. The van der Waals surface area contributed by atoms with E-state index in [0.717, 1.165) is 4.57 Å². The molecule has 0 fully saturated rings. The number of nitrogens with zero attached hydrogens (tertiary/aromatic N) is 1. The van der Waals surface area contributed by atoms with E-state index in [-0.39, 0.29) is 12.5 Å². The number of rotatable bonds is 2. The first-order chi connectivity index (χ1) is 7.63. The van der Waals surface area contributed by atoms with Crippen LogP contribution in [0.3, 0.4) is 0 Å². The Hall–Kier alpha value is -2.08. The molecule has 0 radical (unpaired) electrons. The Morgan fingerprint density at radius 3 is 3.00 bits per heavy atom. The van der Waals surface area contributed by atoms with Crippen LogP contribution in [0.25, 0.3) is 11.1 Å². The zero-order valence-corrected chi connectivity index (χ0v) is 8.69. The molecule has 0 saturated carbocycles. The number of carbonyl (C=O) groups excluding carboxylic acids is 1. The predicted molar refractivity (Wildman–Crippen MR) is 59.4 cm³/mol. The predicted octanol–water partition coefficient (Wildman–Crippen LogP) is 0.0363. The summed E-state index contributed by atoms with van der Waals surface area (Å²) in [6, 6.07) is 4.71. The minimum Gasteiger partial charge on any atom is -0.407 e. The van der Waals surface area contributed by atoms with E-state index in [1.54, 1.807) is 19.2 Å². The number of hydrogen-bond acceptors (Lipinski definition) is 5. The van der Waals surface area contributed by atoms with Crippen molar-refractivity contribution < 1.29 is 9.21 Å². The van der Waals surface area contributed by atoms with Gasteiger partial charge in [-0.15, -0.1) is 0 Å². The quantitative estimate of drug-likeness (QED) is 0.698. The lowest BCUT2D eigenvalue weighted by Gasteiger charge is -1.99. The van der Waals surface area contributed by atoms with Crippen LogP contribution in [-0.2, 0) is 0 Å². The summed E-state index contributed by atoms with van der Waals surface area (Å²) in [5.74, 6) is -1.06. The average molecular weight is 221 g/mol. The molecular formula is C10H11N3O3. The molecule has 0 aliphatic rings. The highest BCUT2D eigenvalue weighted by atomic mass is 16.4. The zero-order chi connectivity index (χ0) is 11.7. The van der Waals surface area contributed by atoms with E-state index in [1.807, 2.05) is 0 Å². The highest BCUT2D eigenvalue weighted by molar-refractivity contribution is 5.91. The second-order valence-corrected chi connectivity index (χ2v) is 3.35. The first-order valence-corrected chi connectivity index (χ1v) is 4.72. The van der Waals surface area contributed by atoms with Gasteiger partial charge in [0.25, 0.3) is 5.91 Å². The van der Waals surface area contributed by atoms with Gasteiger partial charge in [0, 0.05) is 11.8 Å². The maximum Gasteiger partial charge on any atom is 0.426 e. The Kier molecular flexibility index (Phi) is 2.49.